The van der Waals surface area contributed by atoms with Crippen molar-refractivity contribution >= 4 is 11.8 Å². The third kappa shape index (κ3) is 2.09. The molecule has 0 bridgehead atoms. The molecule has 6 nitrogen and oxygen atoms in total. The van der Waals surface area contributed by atoms with E-state index >= 15 is 0 Å². The largest absolute Gasteiger partial charge is 0.418 e. The van der Waals surface area contributed by atoms with Crippen LogP contribution in [0.3, 0.4) is 0 Å². The topological polar surface area (TPSA) is 76.3 Å². The summed E-state index contributed by atoms with van der Waals surface area (Å²) in [6.07, 6.45) is 0.506. The first-order chi connectivity index (χ1) is 9.66. The Labute approximate surface area is 115 Å². The van der Waals surface area contributed by atoms with Crippen LogP contribution in [0.4, 0.5) is 0 Å². The molecule has 0 unspecified atom stereocenters. The van der Waals surface area contributed by atoms with Crippen LogP contribution in [0.5, 0.6) is 0 Å². The SMILES string of the molecule is C[C@@H](c1nnc(-c2ccccc2)o1)N1C(=O)CCC1=O. The lowest BCUT2D eigenvalue weighted by Gasteiger charge is -2.18. The Kier molecular flexibility index (Phi) is 3.06. The molecule has 102 valence electrons. The molecular weight excluding hydrogens is 258 g/mol. The average Bonchev–Trinajstić information content (AvgIpc) is 3.07. The molecule has 1 aliphatic rings. The number of nitrogens with zero attached hydrogens (tertiary/aromatic N) is 3. The van der Waals surface area contributed by atoms with Crippen LogP contribution < -0.4 is 0 Å². The molecule has 1 saturated heterocycles. The fourth-order valence-electron chi connectivity index (χ4n) is 2.24. The van der Waals surface area contributed by atoms with Gasteiger partial charge in [0.05, 0.1) is 0 Å². The van der Waals surface area contributed by atoms with E-state index < -0.39 is 6.04 Å². The summed E-state index contributed by atoms with van der Waals surface area (Å²) in [4.78, 5) is 24.6. The molecule has 1 fully saturated rings. The second-order valence-corrected chi connectivity index (χ2v) is 4.64. The second kappa shape index (κ2) is 4.88. The van der Waals surface area contributed by atoms with Crippen molar-refractivity contribution in [1.82, 2.24) is 15.1 Å². The number of benzene rings is 1. The first-order valence-electron chi connectivity index (χ1n) is 6.40. The van der Waals surface area contributed by atoms with Gasteiger partial charge in [0.15, 0.2) is 0 Å². The Morgan fingerprint density at radius 1 is 1.10 bits per heavy atom. The molecule has 1 aromatic carbocycles. The standard InChI is InChI=1S/C14H13N3O3/c1-9(17-11(18)7-8-12(17)19)13-15-16-14(20-13)10-5-3-2-4-6-10/h2-6,9H,7-8H2,1H3/t9-/m0/s1. The molecule has 6 heteroatoms. The van der Waals surface area contributed by atoms with Crippen LogP contribution in [-0.4, -0.2) is 26.9 Å². The van der Waals surface area contributed by atoms with Crippen molar-refractivity contribution < 1.29 is 14.0 Å². The van der Waals surface area contributed by atoms with E-state index in [0.717, 1.165) is 5.56 Å². The lowest BCUT2D eigenvalue weighted by atomic mass is 10.2. The van der Waals surface area contributed by atoms with Crippen LogP contribution in [0.25, 0.3) is 11.5 Å². The van der Waals surface area contributed by atoms with Crippen LogP contribution in [0.2, 0.25) is 0 Å². The van der Waals surface area contributed by atoms with Crippen molar-refractivity contribution in [2.24, 2.45) is 0 Å². The van der Waals surface area contributed by atoms with E-state index in [1.54, 1.807) is 6.92 Å². The summed E-state index contributed by atoms with van der Waals surface area (Å²) in [7, 11) is 0. The number of hydrogen-bond donors (Lipinski definition) is 0. The van der Waals surface area contributed by atoms with Gasteiger partial charge < -0.3 is 4.42 Å². The van der Waals surface area contributed by atoms with Crippen LogP contribution in [-0.2, 0) is 9.59 Å². The van der Waals surface area contributed by atoms with Gasteiger partial charge in [-0.2, -0.15) is 0 Å². The summed E-state index contributed by atoms with van der Waals surface area (Å²) in [5, 5.41) is 7.91. The van der Waals surface area contributed by atoms with E-state index in [0.29, 0.717) is 5.89 Å². The zero-order valence-corrected chi connectivity index (χ0v) is 10.9. The predicted molar refractivity (Wildman–Crippen MR) is 69.2 cm³/mol. The minimum atomic E-state index is -0.525. The van der Waals surface area contributed by atoms with Gasteiger partial charge in [-0.05, 0) is 19.1 Å². The van der Waals surface area contributed by atoms with E-state index in [1.165, 1.54) is 4.90 Å². The highest BCUT2D eigenvalue weighted by atomic mass is 16.4. The average molecular weight is 271 g/mol. The number of hydrogen-bond acceptors (Lipinski definition) is 5. The molecular formula is C14H13N3O3. The monoisotopic (exact) mass is 271 g/mol. The number of amides is 2. The minimum absolute atomic E-state index is 0.193. The Balaban J connectivity index is 1.87. The molecule has 2 amide bonds. The summed E-state index contributed by atoms with van der Waals surface area (Å²) < 4.78 is 5.57. The molecule has 2 aromatic rings. The van der Waals surface area contributed by atoms with E-state index in [-0.39, 0.29) is 30.5 Å². The maximum Gasteiger partial charge on any atom is 0.247 e. The number of carbonyl (C=O) groups excluding carboxylic acids is 2. The molecule has 1 aromatic heterocycles. The van der Waals surface area contributed by atoms with Gasteiger partial charge in [-0.1, -0.05) is 18.2 Å². The van der Waals surface area contributed by atoms with Crippen molar-refractivity contribution in [2.75, 3.05) is 0 Å². The molecule has 20 heavy (non-hydrogen) atoms. The zero-order chi connectivity index (χ0) is 14.1. The Bertz CT molecular complexity index is 635. The second-order valence-electron chi connectivity index (χ2n) is 4.64. The molecule has 3 rings (SSSR count). The van der Waals surface area contributed by atoms with Crippen molar-refractivity contribution in [1.29, 1.82) is 0 Å². The third-order valence-corrected chi connectivity index (χ3v) is 3.30. The number of rotatable bonds is 3. The highest BCUT2D eigenvalue weighted by Gasteiger charge is 2.35. The van der Waals surface area contributed by atoms with Crippen molar-refractivity contribution in [2.45, 2.75) is 25.8 Å². The summed E-state index contributed by atoms with van der Waals surface area (Å²) >= 11 is 0. The Morgan fingerprint density at radius 3 is 2.40 bits per heavy atom. The van der Waals surface area contributed by atoms with Crippen molar-refractivity contribution in [3.05, 3.63) is 36.2 Å². The van der Waals surface area contributed by atoms with Gasteiger partial charge in [0, 0.05) is 18.4 Å². The van der Waals surface area contributed by atoms with Gasteiger partial charge >= 0.3 is 0 Å². The fourth-order valence-corrected chi connectivity index (χ4v) is 2.24. The van der Waals surface area contributed by atoms with E-state index in [4.69, 9.17) is 4.42 Å². The summed E-state index contributed by atoms with van der Waals surface area (Å²) in [5.41, 5.74) is 0.803. The number of likely N-dealkylation sites (tertiary alicyclic amines) is 1. The molecule has 1 atom stereocenters. The molecule has 0 radical (unpaired) electrons. The number of imide groups is 1. The first kappa shape index (κ1) is 12.5. The first-order valence-corrected chi connectivity index (χ1v) is 6.40. The highest BCUT2D eigenvalue weighted by molar-refractivity contribution is 6.02. The number of carbonyl (C=O) groups is 2. The van der Waals surface area contributed by atoms with Gasteiger partial charge in [-0.15, -0.1) is 10.2 Å². The highest BCUT2D eigenvalue weighted by Crippen LogP contribution is 2.27. The lowest BCUT2D eigenvalue weighted by molar-refractivity contribution is -0.141. The van der Waals surface area contributed by atoms with Gasteiger partial charge in [-0.25, -0.2) is 0 Å². The predicted octanol–water partition coefficient (Wildman–Crippen LogP) is 1.95. The van der Waals surface area contributed by atoms with E-state index in [9.17, 15) is 9.59 Å². The van der Waals surface area contributed by atoms with Gasteiger partial charge in [0.2, 0.25) is 23.6 Å². The Morgan fingerprint density at radius 2 is 1.75 bits per heavy atom. The maximum atomic E-state index is 11.7. The quantitative estimate of drug-likeness (QED) is 0.797. The maximum absolute atomic E-state index is 11.7. The molecule has 0 N–H and O–H groups in total. The molecule has 2 heterocycles. The van der Waals surface area contributed by atoms with Gasteiger partial charge in [0.1, 0.15) is 6.04 Å². The molecule has 0 spiro atoms. The molecule has 1 aliphatic heterocycles. The Hall–Kier alpha value is -2.50. The minimum Gasteiger partial charge on any atom is -0.418 e. The fraction of sp³-hybridized carbons (Fsp3) is 0.286. The molecule has 0 aliphatic carbocycles. The zero-order valence-electron chi connectivity index (χ0n) is 10.9. The normalized spacial score (nSPS) is 16.8. The summed E-state index contributed by atoms with van der Waals surface area (Å²) in [5.74, 6) is 0.267. The van der Waals surface area contributed by atoms with E-state index in [2.05, 4.69) is 10.2 Å². The molecule has 0 saturated carbocycles. The summed E-state index contributed by atoms with van der Waals surface area (Å²) in [6, 6.07) is 8.82. The smallest absolute Gasteiger partial charge is 0.247 e. The van der Waals surface area contributed by atoms with Gasteiger partial charge in [0.25, 0.3) is 0 Å². The van der Waals surface area contributed by atoms with Crippen LogP contribution in [0, 0.1) is 0 Å². The van der Waals surface area contributed by atoms with Crippen LogP contribution in [0.1, 0.15) is 31.7 Å². The van der Waals surface area contributed by atoms with Crippen molar-refractivity contribution in [3.8, 4) is 11.5 Å². The van der Waals surface area contributed by atoms with Crippen LogP contribution >= 0.6 is 0 Å². The van der Waals surface area contributed by atoms with Crippen LogP contribution in [0.15, 0.2) is 34.7 Å². The lowest BCUT2D eigenvalue weighted by Crippen LogP contribution is -2.32. The van der Waals surface area contributed by atoms with Crippen molar-refractivity contribution in [3.63, 3.8) is 0 Å². The van der Waals surface area contributed by atoms with E-state index in [1.807, 2.05) is 30.3 Å². The summed E-state index contributed by atoms with van der Waals surface area (Å²) in [6.45, 7) is 1.71. The van der Waals surface area contributed by atoms with Gasteiger partial charge in [-0.3, -0.25) is 14.5 Å². The number of aromatic nitrogens is 2. The third-order valence-electron chi connectivity index (χ3n) is 3.30.